The minimum absolute atomic E-state index is 0.110. The first-order valence-electron chi connectivity index (χ1n) is 6.63. The minimum atomic E-state index is -0.246. The van der Waals surface area contributed by atoms with Crippen molar-refractivity contribution in [1.29, 1.82) is 0 Å². The second-order valence-electron chi connectivity index (χ2n) is 4.61. The molecular weight excluding hydrogens is 321 g/mol. The van der Waals surface area contributed by atoms with E-state index in [-0.39, 0.29) is 12.5 Å². The fraction of sp³-hybridized carbons (Fsp3) is 0.125. The maximum Gasteiger partial charge on any atom is 0.259 e. The third-order valence-corrected chi connectivity index (χ3v) is 3.64. The van der Waals surface area contributed by atoms with Crippen LogP contribution in [-0.2, 0) is 4.79 Å². The Labute approximate surface area is 139 Å². The van der Waals surface area contributed by atoms with Gasteiger partial charge in [0.1, 0.15) is 0 Å². The zero-order valence-electron chi connectivity index (χ0n) is 11.9. The van der Waals surface area contributed by atoms with Gasteiger partial charge in [0.2, 0.25) is 0 Å². The van der Waals surface area contributed by atoms with Crippen molar-refractivity contribution in [2.45, 2.75) is 6.92 Å². The lowest BCUT2D eigenvalue weighted by Gasteiger charge is -2.09. The molecule has 0 spiro atoms. The van der Waals surface area contributed by atoms with Crippen molar-refractivity contribution >= 4 is 41.0 Å². The zero-order valence-corrected chi connectivity index (χ0v) is 13.4. The summed E-state index contributed by atoms with van der Waals surface area (Å²) in [5.74, 6) is -0.246. The average molecular weight is 336 g/mol. The molecule has 1 amide bonds. The third-order valence-electron chi connectivity index (χ3n) is 2.98. The molecule has 114 valence electrons. The summed E-state index contributed by atoms with van der Waals surface area (Å²) < 4.78 is 0. The van der Waals surface area contributed by atoms with Gasteiger partial charge in [-0.05, 0) is 42.3 Å². The number of nitrogens with zero attached hydrogens (tertiary/aromatic N) is 1. The van der Waals surface area contributed by atoms with E-state index in [4.69, 9.17) is 23.2 Å². The molecule has 2 aromatic rings. The van der Waals surface area contributed by atoms with Crippen LogP contribution in [-0.4, -0.2) is 18.7 Å². The molecule has 0 aliphatic carbocycles. The Balaban J connectivity index is 1.83. The van der Waals surface area contributed by atoms with Crippen molar-refractivity contribution in [3.63, 3.8) is 0 Å². The standard InChI is InChI=1S/C16H15Cl2N3O/c1-11-14(18)3-2-4-15(11)19-10-16(22)21-20-9-12-5-7-13(17)8-6-12/h2-9,19H,10H2,1H3,(H,21,22)/b20-9-. The number of hydrogen-bond donors (Lipinski definition) is 2. The van der Waals surface area contributed by atoms with Crippen molar-refractivity contribution in [2.24, 2.45) is 5.10 Å². The highest BCUT2D eigenvalue weighted by molar-refractivity contribution is 6.31. The number of rotatable bonds is 5. The second kappa shape index (κ2) is 7.82. The van der Waals surface area contributed by atoms with Gasteiger partial charge < -0.3 is 5.32 Å². The van der Waals surface area contributed by atoms with Gasteiger partial charge in [-0.3, -0.25) is 4.79 Å². The second-order valence-corrected chi connectivity index (χ2v) is 5.45. The summed E-state index contributed by atoms with van der Waals surface area (Å²) in [5.41, 5.74) is 5.03. The third kappa shape index (κ3) is 4.76. The Morgan fingerprint density at radius 1 is 1.18 bits per heavy atom. The molecule has 0 saturated carbocycles. The van der Waals surface area contributed by atoms with E-state index in [1.165, 1.54) is 0 Å². The van der Waals surface area contributed by atoms with E-state index in [0.29, 0.717) is 10.0 Å². The van der Waals surface area contributed by atoms with E-state index >= 15 is 0 Å². The van der Waals surface area contributed by atoms with Gasteiger partial charge in [0.05, 0.1) is 12.8 Å². The molecule has 4 nitrogen and oxygen atoms in total. The van der Waals surface area contributed by atoms with Gasteiger partial charge in [0.15, 0.2) is 0 Å². The molecule has 2 rings (SSSR count). The van der Waals surface area contributed by atoms with Crippen LogP contribution in [0.25, 0.3) is 0 Å². The van der Waals surface area contributed by atoms with Crippen LogP contribution in [0.2, 0.25) is 10.0 Å². The molecule has 0 heterocycles. The number of hydrogen-bond acceptors (Lipinski definition) is 3. The molecule has 0 radical (unpaired) electrons. The fourth-order valence-corrected chi connectivity index (χ4v) is 2.04. The summed E-state index contributed by atoms with van der Waals surface area (Å²) >= 11 is 11.8. The van der Waals surface area contributed by atoms with Crippen LogP contribution in [0, 0.1) is 6.92 Å². The number of nitrogens with one attached hydrogen (secondary N) is 2. The van der Waals surface area contributed by atoms with E-state index in [1.54, 1.807) is 24.4 Å². The van der Waals surface area contributed by atoms with Crippen molar-refractivity contribution in [3.05, 3.63) is 63.6 Å². The zero-order chi connectivity index (χ0) is 15.9. The molecule has 0 bridgehead atoms. The van der Waals surface area contributed by atoms with Gasteiger partial charge in [-0.25, -0.2) is 5.43 Å². The van der Waals surface area contributed by atoms with Gasteiger partial charge in [-0.15, -0.1) is 0 Å². The maximum absolute atomic E-state index is 11.7. The van der Waals surface area contributed by atoms with E-state index in [0.717, 1.165) is 16.8 Å². The quantitative estimate of drug-likeness (QED) is 0.643. The van der Waals surface area contributed by atoms with Crippen molar-refractivity contribution in [3.8, 4) is 0 Å². The Morgan fingerprint density at radius 3 is 2.64 bits per heavy atom. The molecule has 0 aliphatic heterocycles. The summed E-state index contributed by atoms with van der Waals surface area (Å²) in [4.78, 5) is 11.7. The lowest BCUT2D eigenvalue weighted by atomic mass is 10.2. The van der Waals surface area contributed by atoms with Crippen LogP contribution in [0.3, 0.4) is 0 Å². The van der Waals surface area contributed by atoms with Gasteiger partial charge in [-0.2, -0.15) is 5.10 Å². The molecule has 22 heavy (non-hydrogen) atoms. The van der Waals surface area contributed by atoms with Crippen LogP contribution < -0.4 is 10.7 Å². The molecule has 0 saturated heterocycles. The topological polar surface area (TPSA) is 53.5 Å². The summed E-state index contributed by atoms with van der Waals surface area (Å²) in [6.07, 6.45) is 1.55. The summed E-state index contributed by atoms with van der Waals surface area (Å²) in [5, 5.41) is 8.22. The van der Waals surface area contributed by atoms with Crippen LogP contribution >= 0.6 is 23.2 Å². The van der Waals surface area contributed by atoms with Gasteiger partial charge in [-0.1, -0.05) is 41.4 Å². The number of benzene rings is 2. The average Bonchev–Trinajstić information content (AvgIpc) is 2.51. The SMILES string of the molecule is Cc1c(Cl)cccc1NCC(=O)N/N=C\c1ccc(Cl)cc1. The first kappa shape index (κ1) is 16.3. The monoisotopic (exact) mass is 335 g/mol. The fourth-order valence-electron chi connectivity index (χ4n) is 1.74. The van der Waals surface area contributed by atoms with Crippen LogP contribution in [0.4, 0.5) is 5.69 Å². The van der Waals surface area contributed by atoms with E-state index in [9.17, 15) is 4.79 Å². The Morgan fingerprint density at radius 2 is 1.91 bits per heavy atom. The summed E-state index contributed by atoms with van der Waals surface area (Å²) in [6, 6.07) is 12.6. The molecule has 6 heteroatoms. The predicted molar refractivity (Wildman–Crippen MR) is 91.9 cm³/mol. The number of amides is 1. The lowest BCUT2D eigenvalue weighted by molar-refractivity contribution is -0.119. The lowest BCUT2D eigenvalue weighted by Crippen LogP contribution is -2.26. The first-order chi connectivity index (χ1) is 10.6. The normalized spacial score (nSPS) is 10.7. The van der Waals surface area contributed by atoms with Gasteiger partial charge >= 0.3 is 0 Å². The van der Waals surface area contributed by atoms with Crippen molar-refractivity contribution in [1.82, 2.24) is 5.43 Å². The molecule has 0 aromatic heterocycles. The highest BCUT2D eigenvalue weighted by atomic mass is 35.5. The predicted octanol–water partition coefficient (Wildman–Crippen LogP) is 3.86. The highest BCUT2D eigenvalue weighted by Crippen LogP contribution is 2.22. The number of halogens is 2. The van der Waals surface area contributed by atoms with E-state index < -0.39 is 0 Å². The highest BCUT2D eigenvalue weighted by Gasteiger charge is 2.04. The van der Waals surface area contributed by atoms with Crippen LogP contribution in [0.5, 0.6) is 0 Å². The molecule has 0 unspecified atom stereocenters. The molecule has 0 fully saturated rings. The maximum atomic E-state index is 11.7. The van der Waals surface area contributed by atoms with Crippen LogP contribution in [0.1, 0.15) is 11.1 Å². The summed E-state index contributed by atoms with van der Waals surface area (Å²) in [7, 11) is 0. The molecule has 2 aromatic carbocycles. The van der Waals surface area contributed by atoms with Gasteiger partial charge in [0.25, 0.3) is 5.91 Å². The van der Waals surface area contributed by atoms with Crippen LogP contribution in [0.15, 0.2) is 47.6 Å². The number of anilines is 1. The smallest absolute Gasteiger partial charge is 0.259 e. The molecule has 0 atom stereocenters. The Bertz CT molecular complexity index is 684. The number of carbonyl (C=O) groups excluding carboxylic acids is 1. The molecular formula is C16H15Cl2N3O. The van der Waals surface area contributed by atoms with E-state index in [2.05, 4.69) is 15.8 Å². The molecule has 2 N–H and O–H groups in total. The van der Waals surface area contributed by atoms with E-state index in [1.807, 2.05) is 31.2 Å². The molecule has 0 aliphatic rings. The van der Waals surface area contributed by atoms with Crippen molar-refractivity contribution < 1.29 is 4.79 Å². The largest absolute Gasteiger partial charge is 0.376 e. The van der Waals surface area contributed by atoms with Crippen molar-refractivity contribution in [2.75, 3.05) is 11.9 Å². The number of hydrazone groups is 1. The minimum Gasteiger partial charge on any atom is -0.376 e. The Hall–Kier alpha value is -2.04. The van der Waals surface area contributed by atoms with Gasteiger partial charge in [0, 0.05) is 15.7 Å². The number of carbonyl (C=O) groups is 1. The Kier molecular flexibility index (Phi) is 5.81. The summed E-state index contributed by atoms with van der Waals surface area (Å²) in [6.45, 7) is 2.00. The first-order valence-corrected chi connectivity index (χ1v) is 7.38.